The zero-order valence-electron chi connectivity index (χ0n) is 16.0. The van der Waals surface area contributed by atoms with Crippen LogP contribution in [0.2, 0.25) is 0 Å². The molecule has 3 rings (SSSR count). The Labute approximate surface area is 160 Å². The smallest absolute Gasteiger partial charge is 0.331 e. The van der Waals surface area contributed by atoms with Gasteiger partial charge in [-0.25, -0.2) is 4.79 Å². The average molecular weight is 375 g/mol. The van der Waals surface area contributed by atoms with E-state index in [1.807, 2.05) is 0 Å². The van der Waals surface area contributed by atoms with Gasteiger partial charge in [0.25, 0.3) is 5.91 Å². The van der Waals surface area contributed by atoms with E-state index in [9.17, 15) is 9.59 Å². The molecule has 1 unspecified atom stereocenters. The highest BCUT2D eigenvalue weighted by Crippen LogP contribution is 2.30. The Hall–Kier alpha value is -2.08. The van der Waals surface area contributed by atoms with Crippen LogP contribution in [0.3, 0.4) is 0 Å². The first-order chi connectivity index (χ1) is 13.1. The maximum Gasteiger partial charge on any atom is 0.331 e. The third kappa shape index (κ3) is 5.01. The molecule has 1 saturated heterocycles. The van der Waals surface area contributed by atoms with E-state index in [4.69, 9.17) is 14.2 Å². The lowest BCUT2D eigenvalue weighted by molar-refractivity contribution is -0.152. The largest absolute Gasteiger partial charge is 0.491 e. The molecule has 1 aromatic carbocycles. The van der Waals surface area contributed by atoms with Gasteiger partial charge in [0, 0.05) is 12.2 Å². The molecule has 0 radical (unpaired) electrons. The van der Waals surface area contributed by atoms with Gasteiger partial charge in [-0.2, -0.15) is 0 Å². The first-order valence-electron chi connectivity index (χ1n) is 9.97. The number of carbonyl (C=O) groups is 2. The lowest BCUT2D eigenvalue weighted by Crippen LogP contribution is -2.56. The van der Waals surface area contributed by atoms with E-state index in [2.05, 4.69) is 5.32 Å². The number of ether oxygens (including phenoxy) is 3. The van der Waals surface area contributed by atoms with Crippen molar-refractivity contribution in [3.63, 3.8) is 0 Å². The fraction of sp³-hybridized carbons (Fsp3) is 0.619. The Bertz CT molecular complexity index is 630. The number of hydrogen-bond donors (Lipinski definition) is 1. The highest BCUT2D eigenvalue weighted by atomic mass is 16.5. The number of benzene rings is 1. The maximum absolute atomic E-state index is 12.7. The van der Waals surface area contributed by atoms with Crippen LogP contribution in [-0.2, 0) is 14.3 Å². The van der Waals surface area contributed by atoms with Crippen molar-refractivity contribution in [2.24, 2.45) is 0 Å². The van der Waals surface area contributed by atoms with Gasteiger partial charge in [0.1, 0.15) is 17.9 Å². The van der Waals surface area contributed by atoms with Gasteiger partial charge < -0.3 is 19.5 Å². The molecular formula is C21H29NO5. The Morgan fingerprint density at radius 1 is 1.15 bits per heavy atom. The standard InChI is InChI=1S/C21H29NO5/c1-2-25-20(24)21(12-4-3-5-13-21)22-19(23)16-8-10-17(11-9-16)27-15-18-7-6-14-26-18/h8-11,18H,2-7,12-15H2,1H3,(H,22,23). The lowest BCUT2D eigenvalue weighted by atomic mass is 9.81. The van der Waals surface area contributed by atoms with Crippen molar-refractivity contribution >= 4 is 11.9 Å². The molecule has 6 nitrogen and oxygen atoms in total. The van der Waals surface area contributed by atoms with E-state index < -0.39 is 5.54 Å². The minimum atomic E-state index is -0.902. The van der Waals surface area contributed by atoms with Gasteiger partial charge in [0.05, 0.1) is 12.7 Å². The summed E-state index contributed by atoms with van der Waals surface area (Å²) in [5.74, 6) is 0.130. The normalized spacial score (nSPS) is 21.4. The fourth-order valence-corrected chi connectivity index (χ4v) is 3.76. The number of esters is 1. The topological polar surface area (TPSA) is 73.9 Å². The molecule has 0 spiro atoms. The minimum Gasteiger partial charge on any atom is -0.491 e. The second-order valence-electron chi connectivity index (χ2n) is 7.29. The Balaban J connectivity index is 1.60. The summed E-state index contributed by atoms with van der Waals surface area (Å²) in [6.07, 6.45) is 6.41. The van der Waals surface area contributed by atoms with Crippen molar-refractivity contribution in [3.8, 4) is 5.75 Å². The summed E-state index contributed by atoms with van der Waals surface area (Å²) >= 11 is 0. The molecule has 2 aliphatic rings. The second kappa shape index (κ2) is 9.22. The molecule has 27 heavy (non-hydrogen) atoms. The lowest BCUT2D eigenvalue weighted by Gasteiger charge is -2.35. The highest BCUT2D eigenvalue weighted by molar-refractivity contribution is 5.98. The predicted octanol–water partition coefficient (Wildman–Crippen LogP) is 3.24. The molecule has 148 valence electrons. The van der Waals surface area contributed by atoms with Gasteiger partial charge in [-0.05, 0) is 56.9 Å². The third-order valence-electron chi connectivity index (χ3n) is 5.30. The second-order valence-corrected chi connectivity index (χ2v) is 7.29. The van der Waals surface area contributed by atoms with Crippen molar-refractivity contribution in [1.82, 2.24) is 5.32 Å². The van der Waals surface area contributed by atoms with Crippen LogP contribution in [0, 0.1) is 0 Å². The molecule has 2 fully saturated rings. The molecule has 6 heteroatoms. The monoisotopic (exact) mass is 375 g/mol. The van der Waals surface area contributed by atoms with Crippen molar-refractivity contribution in [2.45, 2.75) is 63.5 Å². The summed E-state index contributed by atoms with van der Waals surface area (Å²) in [7, 11) is 0. The van der Waals surface area contributed by atoms with Gasteiger partial charge in [-0.15, -0.1) is 0 Å². The van der Waals surface area contributed by atoms with Gasteiger partial charge >= 0.3 is 5.97 Å². The average Bonchev–Trinajstić information content (AvgIpc) is 3.21. The van der Waals surface area contributed by atoms with Crippen molar-refractivity contribution in [1.29, 1.82) is 0 Å². The van der Waals surface area contributed by atoms with E-state index in [1.54, 1.807) is 31.2 Å². The van der Waals surface area contributed by atoms with Crippen LogP contribution in [0.4, 0.5) is 0 Å². The van der Waals surface area contributed by atoms with Crippen molar-refractivity contribution < 1.29 is 23.8 Å². The quantitative estimate of drug-likeness (QED) is 0.741. The van der Waals surface area contributed by atoms with Gasteiger partial charge in [0.15, 0.2) is 0 Å². The predicted molar refractivity (Wildman–Crippen MR) is 101 cm³/mol. The Kier molecular flexibility index (Phi) is 6.72. The van der Waals surface area contributed by atoms with E-state index in [0.717, 1.165) is 38.7 Å². The number of carbonyl (C=O) groups excluding carboxylic acids is 2. The van der Waals surface area contributed by atoms with Crippen LogP contribution >= 0.6 is 0 Å². The summed E-state index contributed by atoms with van der Waals surface area (Å²) in [6, 6.07) is 7.01. The number of rotatable bonds is 7. The number of amides is 1. The Morgan fingerprint density at radius 2 is 1.89 bits per heavy atom. The molecule has 1 amide bonds. The molecule has 1 N–H and O–H groups in total. The zero-order chi connectivity index (χ0) is 19.1. The molecule has 1 atom stereocenters. The molecule has 1 aromatic rings. The van der Waals surface area contributed by atoms with E-state index in [1.165, 1.54) is 0 Å². The number of nitrogens with one attached hydrogen (secondary N) is 1. The minimum absolute atomic E-state index is 0.156. The SMILES string of the molecule is CCOC(=O)C1(NC(=O)c2ccc(OCC3CCCO3)cc2)CCCCC1. The van der Waals surface area contributed by atoms with E-state index in [0.29, 0.717) is 37.4 Å². The molecule has 0 aromatic heterocycles. The molecule has 1 saturated carbocycles. The summed E-state index contributed by atoms with van der Waals surface area (Å²) in [5, 5.41) is 2.96. The molecule has 1 aliphatic carbocycles. The zero-order valence-corrected chi connectivity index (χ0v) is 16.0. The first kappa shape index (κ1) is 19.7. The molecule has 0 bridgehead atoms. The van der Waals surface area contributed by atoms with Crippen LogP contribution in [0.25, 0.3) is 0 Å². The summed E-state index contributed by atoms with van der Waals surface area (Å²) < 4.78 is 16.5. The van der Waals surface area contributed by atoms with Crippen LogP contribution in [0.1, 0.15) is 62.2 Å². The van der Waals surface area contributed by atoms with Crippen molar-refractivity contribution in [2.75, 3.05) is 19.8 Å². The third-order valence-corrected chi connectivity index (χ3v) is 5.30. The maximum atomic E-state index is 12.7. The van der Waals surface area contributed by atoms with Crippen LogP contribution in [0.15, 0.2) is 24.3 Å². The summed E-state index contributed by atoms with van der Waals surface area (Å²) in [5.41, 5.74) is -0.394. The van der Waals surface area contributed by atoms with Gasteiger partial charge in [-0.3, -0.25) is 4.79 Å². The fourth-order valence-electron chi connectivity index (χ4n) is 3.76. The van der Waals surface area contributed by atoms with Crippen LogP contribution in [0.5, 0.6) is 5.75 Å². The summed E-state index contributed by atoms with van der Waals surface area (Å²) in [4.78, 5) is 25.2. The van der Waals surface area contributed by atoms with Gasteiger partial charge in [0.2, 0.25) is 0 Å². The first-order valence-corrected chi connectivity index (χ1v) is 9.97. The summed E-state index contributed by atoms with van der Waals surface area (Å²) in [6.45, 7) is 3.42. The van der Waals surface area contributed by atoms with Crippen LogP contribution < -0.4 is 10.1 Å². The van der Waals surface area contributed by atoms with Crippen LogP contribution in [-0.4, -0.2) is 43.3 Å². The van der Waals surface area contributed by atoms with E-state index in [-0.39, 0.29) is 18.0 Å². The highest BCUT2D eigenvalue weighted by Gasteiger charge is 2.42. The molecule has 1 heterocycles. The van der Waals surface area contributed by atoms with Gasteiger partial charge in [-0.1, -0.05) is 19.3 Å². The Morgan fingerprint density at radius 3 is 2.52 bits per heavy atom. The molecule has 1 aliphatic heterocycles. The number of hydrogen-bond acceptors (Lipinski definition) is 5. The molecular weight excluding hydrogens is 346 g/mol. The van der Waals surface area contributed by atoms with E-state index >= 15 is 0 Å². The van der Waals surface area contributed by atoms with Crippen molar-refractivity contribution in [3.05, 3.63) is 29.8 Å².